The van der Waals surface area contributed by atoms with Crippen LogP contribution in [-0.4, -0.2) is 50.0 Å². The molecule has 2 rings (SSSR count). The highest BCUT2D eigenvalue weighted by molar-refractivity contribution is 7.92. The van der Waals surface area contributed by atoms with Crippen LogP contribution in [0, 0.1) is 13.8 Å². The van der Waals surface area contributed by atoms with Gasteiger partial charge in [0.1, 0.15) is 12.6 Å². The quantitative estimate of drug-likeness (QED) is 0.473. The highest BCUT2D eigenvalue weighted by Crippen LogP contribution is 2.26. The predicted octanol–water partition coefficient (Wildman–Crippen LogP) is 4.44. The number of amides is 2. The van der Waals surface area contributed by atoms with E-state index < -0.39 is 28.5 Å². The monoisotopic (exact) mass is 521 g/mol. The van der Waals surface area contributed by atoms with Crippen LogP contribution >= 0.6 is 11.6 Å². The van der Waals surface area contributed by atoms with Crippen molar-refractivity contribution in [2.24, 2.45) is 0 Å². The van der Waals surface area contributed by atoms with Crippen molar-refractivity contribution in [3.63, 3.8) is 0 Å². The van der Waals surface area contributed by atoms with E-state index in [1.54, 1.807) is 25.1 Å². The fraction of sp³-hybridized carbons (Fsp3) is 0.462. The molecule has 0 aliphatic rings. The second-order valence-electron chi connectivity index (χ2n) is 8.95. The van der Waals surface area contributed by atoms with E-state index in [9.17, 15) is 18.0 Å². The zero-order valence-electron chi connectivity index (χ0n) is 21.3. The molecular weight excluding hydrogens is 486 g/mol. The van der Waals surface area contributed by atoms with Gasteiger partial charge >= 0.3 is 0 Å². The molecular formula is C26H36ClN3O4S. The fourth-order valence-corrected chi connectivity index (χ4v) is 4.88. The van der Waals surface area contributed by atoms with Gasteiger partial charge in [-0.15, -0.1) is 0 Å². The lowest BCUT2D eigenvalue weighted by atomic mass is 10.1. The topological polar surface area (TPSA) is 86.8 Å². The number of halogens is 1. The number of carbonyl (C=O) groups is 2. The molecule has 0 saturated carbocycles. The molecule has 0 unspecified atom stereocenters. The van der Waals surface area contributed by atoms with Crippen LogP contribution in [0.15, 0.2) is 42.5 Å². The van der Waals surface area contributed by atoms with E-state index in [1.165, 1.54) is 4.90 Å². The maximum absolute atomic E-state index is 13.7. The maximum atomic E-state index is 13.7. The summed E-state index contributed by atoms with van der Waals surface area (Å²) >= 11 is 6.05. The predicted molar refractivity (Wildman–Crippen MR) is 142 cm³/mol. The Morgan fingerprint density at radius 2 is 1.66 bits per heavy atom. The Morgan fingerprint density at radius 3 is 2.17 bits per heavy atom. The number of carbonyl (C=O) groups excluding carboxylic acids is 2. The molecule has 2 aromatic rings. The summed E-state index contributed by atoms with van der Waals surface area (Å²) in [5.41, 5.74) is 2.93. The number of nitrogens with one attached hydrogen (secondary N) is 1. The molecule has 2 atom stereocenters. The average Bonchev–Trinajstić information content (AvgIpc) is 2.78. The molecule has 0 spiro atoms. The number of hydrogen-bond donors (Lipinski definition) is 1. The van der Waals surface area contributed by atoms with E-state index in [0.717, 1.165) is 28.1 Å². The largest absolute Gasteiger partial charge is 0.352 e. The highest BCUT2D eigenvalue weighted by Gasteiger charge is 2.32. The van der Waals surface area contributed by atoms with E-state index in [4.69, 9.17) is 11.6 Å². The second kappa shape index (κ2) is 12.4. The molecule has 0 aliphatic heterocycles. The molecule has 0 bridgehead atoms. The Bertz CT molecular complexity index is 1140. The van der Waals surface area contributed by atoms with Crippen LogP contribution in [0.5, 0.6) is 0 Å². The van der Waals surface area contributed by atoms with Crippen LogP contribution in [0.1, 0.15) is 50.3 Å². The van der Waals surface area contributed by atoms with Gasteiger partial charge in [0, 0.05) is 17.6 Å². The first kappa shape index (κ1) is 28.7. The van der Waals surface area contributed by atoms with Gasteiger partial charge in [0.2, 0.25) is 21.8 Å². The van der Waals surface area contributed by atoms with Gasteiger partial charge in [-0.3, -0.25) is 13.9 Å². The number of sulfonamides is 1. The summed E-state index contributed by atoms with van der Waals surface area (Å²) < 4.78 is 26.5. The van der Waals surface area contributed by atoms with E-state index in [2.05, 4.69) is 5.32 Å². The van der Waals surface area contributed by atoms with Gasteiger partial charge < -0.3 is 10.2 Å². The van der Waals surface area contributed by atoms with Gasteiger partial charge in [-0.1, -0.05) is 55.3 Å². The van der Waals surface area contributed by atoms with Crippen molar-refractivity contribution < 1.29 is 18.0 Å². The third-order valence-corrected chi connectivity index (χ3v) is 7.33. The molecule has 2 aromatic carbocycles. The van der Waals surface area contributed by atoms with E-state index >= 15 is 0 Å². The zero-order chi connectivity index (χ0) is 26.3. The molecule has 35 heavy (non-hydrogen) atoms. The summed E-state index contributed by atoms with van der Waals surface area (Å²) in [7, 11) is -3.79. The molecule has 0 aliphatic carbocycles. The molecule has 0 fully saturated rings. The van der Waals surface area contributed by atoms with E-state index in [1.807, 2.05) is 52.0 Å². The van der Waals surface area contributed by atoms with Crippen LogP contribution in [0.2, 0.25) is 5.02 Å². The lowest BCUT2D eigenvalue weighted by molar-refractivity contribution is -0.140. The smallest absolute Gasteiger partial charge is 0.244 e. The van der Waals surface area contributed by atoms with Gasteiger partial charge in [-0.2, -0.15) is 0 Å². The van der Waals surface area contributed by atoms with Crippen molar-refractivity contribution >= 4 is 39.1 Å². The first-order valence-electron chi connectivity index (χ1n) is 11.8. The van der Waals surface area contributed by atoms with Crippen LogP contribution in [0.25, 0.3) is 0 Å². The Balaban J connectivity index is 2.46. The van der Waals surface area contributed by atoms with Gasteiger partial charge in [-0.05, 0) is 62.9 Å². The minimum atomic E-state index is -3.79. The maximum Gasteiger partial charge on any atom is 0.244 e. The summed E-state index contributed by atoms with van der Waals surface area (Å²) in [5, 5.41) is 3.43. The number of anilines is 1. The van der Waals surface area contributed by atoms with Crippen LogP contribution in [0.4, 0.5) is 5.69 Å². The molecule has 0 saturated heterocycles. The van der Waals surface area contributed by atoms with Crippen molar-refractivity contribution in [1.82, 2.24) is 10.2 Å². The Hall–Kier alpha value is -2.58. The third kappa shape index (κ3) is 7.97. The van der Waals surface area contributed by atoms with Crippen LogP contribution in [-0.2, 0) is 26.2 Å². The molecule has 0 heterocycles. The summed E-state index contributed by atoms with van der Waals surface area (Å²) in [4.78, 5) is 28.3. The number of aryl methyl sites for hydroxylation is 2. The fourth-order valence-electron chi connectivity index (χ4n) is 3.74. The number of rotatable bonds is 11. The molecule has 7 nitrogen and oxygen atoms in total. The summed E-state index contributed by atoms with van der Waals surface area (Å²) in [6, 6.07) is 11.7. The van der Waals surface area contributed by atoms with Crippen LogP contribution < -0.4 is 9.62 Å². The van der Waals surface area contributed by atoms with Crippen molar-refractivity contribution in [3.05, 3.63) is 64.2 Å². The molecule has 9 heteroatoms. The minimum Gasteiger partial charge on any atom is -0.352 e. The summed E-state index contributed by atoms with van der Waals surface area (Å²) in [5.74, 6) is -0.715. The van der Waals surface area contributed by atoms with Crippen molar-refractivity contribution in [2.45, 2.75) is 66.1 Å². The van der Waals surface area contributed by atoms with Gasteiger partial charge in [-0.25, -0.2) is 8.42 Å². The second-order valence-corrected chi connectivity index (χ2v) is 11.3. The molecule has 1 N–H and O–H groups in total. The Morgan fingerprint density at radius 1 is 1.03 bits per heavy atom. The zero-order valence-corrected chi connectivity index (χ0v) is 22.9. The van der Waals surface area contributed by atoms with E-state index in [0.29, 0.717) is 22.7 Å². The summed E-state index contributed by atoms with van der Waals surface area (Å²) in [6.07, 6.45) is 2.20. The lowest BCUT2D eigenvalue weighted by Crippen LogP contribution is -2.53. The molecule has 0 aromatic heterocycles. The standard InChI is InChI=1S/C26H36ClN3O4S/c1-7-20(5)28-26(32)23(8-2)29(16-21-11-9-18(3)10-12-21)25(31)17-30(35(6,33)34)24-14-13-22(27)15-19(24)4/h9-15,20,23H,7-8,16-17H2,1-6H3,(H,28,32)/t20-,23-/m0/s1. The summed E-state index contributed by atoms with van der Waals surface area (Å²) in [6.45, 7) is 9.18. The third-order valence-electron chi connectivity index (χ3n) is 5.97. The van der Waals surface area contributed by atoms with Crippen molar-refractivity contribution in [3.8, 4) is 0 Å². The Labute approximate surface area is 214 Å². The first-order chi connectivity index (χ1) is 16.4. The number of benzene rings is 2. The van der Waals surface area contributed by atoms with Gasteiger partial charge in [0.15, 0.2) is 0 Å². The number of hydrogen-bond acceptors (Lipinski definition) is 4. The van der Waals surface area contributed by atoms with Gasteiger partial charge in [0.05, 0.1) is 11.9 Å². The first-order valence-corrected chi connectivity index (χ1v) is 14.0. The Kier molecular flexibility index (Phi) is 10.2. The van der Waals surface area contributed by atoms with E-state index in [-0.39, 0.29) is 18.5 Å². The lowest BCUT2D eigenvalue weighted by Gasteiger charge is -2.33. The minimum absolute atomic E-state index is 0.0443. The number of nitrogens with zero attached hydrogens (tertiary/aromatic N) is 2. The SMILES string of the molecule is CC[C@H](C)NC(=O)[C@H](CC)N(Cc1ccc(C)cc1)C(=O)CN(c1ccc(Cl)cc1C)S(C)(=O)=O. The molecule has 0 radical (unpaired) electrons. The van der Waals surface area contributed by atoms with Crippen molar-refractivity contribution in [2.75, 3.05) is 17.1 Å². The molecule has 2 amide bonds. The molecule has 192 valence electrons. The highest BCUT2D eigenvalue weighted by atomic mass is 35.5. The van der Waals surface area contributed by atoms with Gasteiger partial charge in [0.25, 0.3) is 0 Å². The van der Waals surface area contributed by atoms with Crippen LogP contribution in [0.3, 0.4) is 0 Å². The van der Waals surface area contributed by atoms with Crippen molar-refractivity contribution in [1.29, 1.82) is 0 Å². The average molecular weight is 522 g/mol. The normalized spacial score (nSPS) is 13.1.